The van der Waals surface area contributed by atoms with Crippen molar-refractivity contribution in [3.8, 4) is 0 Å². The molecular weight excluding hydrogens is 371 g/mol. The van der Waals surface area contributed by atoms with Gasteiger partial charge in [-0.2, -0.15) is 5.10 Å². The van der Waals surface area contributed by atoms with Crippen LogP contribution in [-0.2, 0) is 4.65 Å². The number of aromatic nitrogens is 2. The molecule has 4 bridgehead atoms. The molecule has 2 aromatic heterocycles. The summed E-state index contributed by atoms with van der Waals surface area (Å²) in [5.41, 5.74) is 8.50. The summed E-state index contributed by atoms with van der Waals surface area (Å²) >= 11 is 0. The molecule has 2 unspecified atom stereocenters. The van der Waals surface area contributed by atoms with Crippen LogP contribution in [0.3, 0.4) is 0 Å². The molecule has 4 fully saturated rings. The lowest BCUT2D eigenvalue weighted by Gasteiger charge is -2.59. The largest absolute Gasteiger partial charge is 0.433 e. The number of pyridine rings is 1. The van der Waals surface area contributed by atoms with Gasteiger partial charge in [0.05, 0.1) is 5.71 Å². The summed E-state index contributed by atoms with van der Waals surface area (Å²) in [6.07, 6.45) is 10.8. The zero-order chi connectivity index (χ0) is 20.5. The maximum Gasteiger partial charge on any atom is 0.332 e. The summed E-state index contributed by atoms with van der Waals surface area (Å²) in [5.74, 6) is 2.94. The minimum atomic E-state index is 0.0196. The minimum Gasteiger partial charge on any atom is -0.433 e. The number of aromatic amines is 1. The maximum atomic E-state index is 6.08. The van der Waals surface area contributed by atoms with Crippen LogP contribution in [0.1, 0.15) is 58.4 Å². The molecule has 5 nitrogen and oxygen atoms in total. The molecule has 0 saturated heterocycles. The molecule has 2 N–H and O–H groups in total. The first-order valence-corrected chi connectivity index (χ1v) is 11.6. The van der Waals surface area contributed by atoms with E-state index in [9.17, 15) is 0 Å². The molecule has 4 aliphatic carbocycles. The number of hydrogen-bond acceptors (Lipinski definition) is 4. The molecule has 2 atom stereocenters. The van der Waals surface area contributed by atoms with Gasteiger partial charge in [0.25, 0.3) is 0 Å². The van der Waals surface area contributed by atoms with Crippen LogP contribution < -0.4 is 10.9 Å². The summed E-state index contributed by atoms with van der Waals surface area (Å²) < 4.78 is 6.08. The second-order valence-corrected chi connectivity index (χ2v) is 11.6. The summed E-state index contributed by atoms with van der Waals surface area (Å²) in [4.78, 5) is 7.96. The molecule has 0 amide bonds. The summed E-state index contributed by atoms with van der Waals surface area (Å²) in [7, 11) is 1.93. The topological polar surface area (TPSA) is 62.3 Å². The van der Waals surface area contributed by atoms with E-state index in [1.54, 1.807) is 0 Å². The van der Waals surface area contributed by atoms with E-state index >= 15 is 0 Å². The Kier molecular flexibility index (Phi) is 4.15. The van der Waals surface area contributed by atoms with Gasteiger partial charge in [-0.05, 0) is 66.8 Å². The van der Waals surface area contributed by atoms with Crippen molar-refractivity contribution >= 4 is 29.7 Å². The lowest BCUT2D eigenvalue weighted by atomic mass is 9.45. The van der Waals surface area contributed by atoms with Gasteiger partial charge in [0.15, 0.2) is 0 Å². The van der Waals surface area contributed by atoms with Gasteiger partial charge >= 0.3 is 7.48 Å². The van der Waals surface area contributed by atoms with Crippen molar-refractivity contribution in [3.05, 3.63) is 24.0 Å². The zero-order valence-electron chi connectivity index (χ0n) is 18.4. The van der Waals surface area contributed by atoms with Gasteiger partial charge in [-0.1, -0.05) is 20.8 Å². The average molecular weight is 403 g/mol. The van der Waals surface area contributed by atoms with E-state index in [0.717, 1.165) is 40.8 Å². The Bertz CT molecular complexity index is 996. The first-order valence-electron chi connectivity index (χ1n) is 11.6. The molecule has 4 saturated carbocycles. The zero-order valence-corrected chi connectivity index (χ0v) is 18.4. The Morgan fingerprint density at radius 2 is 1.93 bits per heavy atom. The molecule has 0 aromatic carbocycles. The van der Waals surface area contributed by atoms with Crippen molar-refractivity contribution in [2.24, 2.45) is 39.6 Å². The third kappa shape index (κ3) is 3.02. The Morgan fingerprint density at radius 3 is 2.70 bits per heavy atom. The number of nitrogens with one attached hydrogen (secondary N) is 2. The van der Waals surface area contributed by atoms with Crippen molar-refractivity contribution in [1.29, 1.82) is 0 Å². The van der Waals surface area contributed by atoms with Crippen LogP contribution in [0.4, 0.5) is 0 Å². The van der Waals surface area contributed by atoms with Crippen LogP contribution in [-0.4, -0.2) is 36.3 Å². The highest BCUT2D eigenvalue weighted by Gasteiger charge is 2.55. The maximum absolute atomic E-state index is 6.08. The lowest BCUT2D eigenvalue weighted by Crippen LogP contribution is -2.53. The van der Waals surface area contributed by atoms with Crippen LogP contribution in [0.25, 0.3) is 11.0 Å². The fourth-order valence-corrected chi connectivity index (χ4v) is 7.32. The van der Waals surface area contributed by atoms with Crippen molar-refractivity contribution in [1.82, 2.24) is 15.4 Å². The van der Waals surface area contributed by atoms with Gasteiger partial charge in [0.2, 0.25) is 0 Å². The number of rotatable bonds is 1. The van der Waals surface area contributed by atoms with Crippen molar-refractivity contribution < 1.29 is 4.65 Å². The van der Waals surface area contributed by atoms with Crippen molar-refractivity contribution in [2.75, 3.05) is 13.2 Å². The molecule has 1 aliphatic heterocycles. The predicted octanol–water partition coefficient (Wildman–Crippen LogP) is 3.62. The molecule has 6 heteroatoms. The Morgan fingerprint density at radius 1 is 1.13 bits per heavy atom. The van der Waals surface area contributed by atoms with Crippen molar-refractivity contribution in [3.63, 3.8) is 0 Å². The van der Waals surface area contributed by atoms with Gasteiger partial charge in [0.1, 0.15) is 5.65 Å². The number of hydrogen-bond donors (Lipinski definition) is 2. The molecule has 3 heterocycles. The number of nitrogens with zero attached hydrogens (tertiary/aromatic N) is 2. The minimum absolute atomic E-state index is 0.0196. The molecule has 7 rings (SSSR count). The van der Waals surface area contributed by atoms with Crippen LogP contribution in [0.2, 0.25) is 0 Å². The lowest BCUT2D eigenvalue weighted by molar-refractivity contribution is -0.0636. The van der Waals surface area contributed by atoms with Crippen LogP contribution in [0.15, 0.2) is 23.6 Å². The SMILES string of the molecule is CC1(C)CN/N=C(/C2C3CC4CC2CC(C)(C4)C3)c2c(cnc3[nH]ccc23)[B]OC1. The second kappa shape index (κ2) is 6.59. The van der Waals surface area contributed by atoms with E-state index in [2.05, 4.69) is 42.2 Å². The van der Waals surface area contributed by atoms with Crippen LogP contribution in [0, 0.1) is 34.5 Å². The molecule has 1 radical (unpaired) electrons. The first kappa shape index (κ1) is 18.9. The Balaban J connectivity index is 1.49. The Hall–Kier alpha value is -1.82. The standard InChI is InChI=1S/C24H32BN4O/c1-23(2)12-28-29-21(19-15-6-14-7-16(19)10-24(3,8-14)9-15)20-17-4-5-26-22(17)27-11-18(20)25-30-13-23/h4-5,11,14-16,19,28H,6-10,12-13H2,1-3H3,(H,26,27)/b29-21-. The van der Waals surface area contributed by atoms with E-state index in [-0.39, 0.29) is 5.41 Å². The quantitative estimate of drug-likeness (QED) is 0.715. The number of fused-ring (bicyclic) bond motifs is 3. The van der Waals surface area contributed by atoms with Crippen molar-refractivity contribution in [2.45, 2.75) is 52.9 Å². The summed E-state index contributed by atoms with van der Waals surface area (Å²) in [6, 6.07) is 2.15. The third-order valence-electron chi connectivity index (χ3n) is 8.21. The van der Waals surface area contributed by atoms with Gasteiger partial charge < -0.3 is 15.1 Å². The van der Waals surface area contributed by atoms with Gasteiger partial charge in [-0.15, -0.1) is 0 Å². The predicted molar refractivity (Wildman–Crippen MR) is 121 cm³/mol. The molecule has 5 aliphatic rings. The molecule has 30 heavy (non-hydrogen) atoms. The number of hydrazone groups is 1. The number of H-pyrrole nitrogens is 1. The van der Waals surface area contributed by atoms with E-state index in [1.165, 1.54) is 43.4 Å². The molecular formula is C24H32BN4O. The first-order chi connectivity index (χ1) is 14.4. The van der Waals surface area contributed by atoms with Gasteiger partial charge in [0, 0.05) is 47.8 Å². The average Bonchev–Trinajstić information content (AvgIpc) is 3.13. The van der Waals surface area contributed by atoms with E-state index in [0.29, 0.717) is 17.9 Å². The van der Waals surface area contributed by atoms with Gasteiger partial charge in [-0.3, -0.25) is 0 Å². The fraction of sp³-hybridized carbons (Fsp3) is 0.667. The highest BCUT2D eigenvalue weighted by molar-refractivity contribution is 6.50. The second-order valence-electron chi connectivity index (χ2n) is 11.6. The normalized spacial score (nSPS) is 39.0. The van der Waals surface area contributed by atoms with E-state index in [1.807, 2.05) is 19.9 Å². The molecule has 2 aromatic rings. The molecule has 157 valence electrons. The molecule has 0 spiro atoms. The van der Waals surface area contributed by atoms with Crippen LogP contribution in [0.5, 0.6) is 0 Å². The fourth-order valence-electron chi connectivity index (χ4n) is 7.32. The highest BCUT2D eigenvalue weighted by Crippen LogP contribution is 2.62. The summed E-state index contributed by atoms with van der Waals surface area (Å²) in [5, 5.41) is 6.33. The van der Waals surface area contributed by atoms with Crippen LogP contribution >= 0.6 is 0 Å². The van der Waals surface area contributed by atoms with E-state index < -0.39 is 0 Å². The monoisotopic (exact) mass is 403 g/mol. The summed E-state index contributed by atoms with van der Waals surface area (Å²) in [6.45, 7) is 8.45. The highest BCUT2D eigenvalue weighted by atomic mass is 16.4. The van der Waals surface area contributed by atoms with Gasteiger partial charge in [-0.25, -0.2) is 4.98 Å². The third-order valence-corrected chi connectivity index (χ3v) is 8.21. The smallest absolute Gasteiger partial charge is 0.332 e. The van der Waals surface area contributed by atoms with E-state index in [4.69, 9.17) is 9.76 Å². The Labute approximate surface area is 179 Å².